The van der Waals surface area contributed by atoms with Gasteiger partial charge in [-0.3, -0.25) is 4.99 Å². The van der Waals surface area contributed by atoms with Crippen LogP contribution in [0.4, 0.5) is 5.69 Å². The Balaban J connectivity index is 1.34. The number of carbonyl (C=O) groups is 2. The van der Waals surface area contributed by atoms with Gasteiger partial charge in [-0.05, 0) is 72.6 Å². The first kappa shape index (κ1) is 29.6. The number of rotatable bonds is 17. The summed E-state index contributed by atoms with van der Waals surface area (Å²) in [5.74, 6) is -0.230. The van der Waals surface area contributed by atoms with Crippen LogP contribution in [0.3, 0.4) is 0 Å². The Morgan fingerprint density at radius 3 is 1.82 bits per heavy atom. The number of carboxylic acid groups (broad SMARTS) is 1. The summed E-state index contributed by atoms with van der Waals surface area (Å²) >= 11 is 0. The fourth-order valence-electron chi connectivity index (χ4n) is 4.09. The summed E-state index contributed by atoms with van der Waals surface area (Å²) in [6.07, 6.45) is 14.6. The number of carboxylic acids is 1. The van der Waals surface area contributed by atoms with Gasteiger partial charge in [-0.1, -0.05) is 76.8 Å². The maximum Gasteiger partial charge on any atom is 0.343 e. The maximum atomic E-state index is 12.5. The predicted octanol–water partition coefficient (Wildman–Crippen LogP) is 8.65. The quantitative estimate of drug-likeness (QED) is 0.0818. The number of nitrogens with zero attached hydrogens (tertiary/aromatic N) is 1. The first-order valence-corrected chi connectivity index (χ1v) is 14.0. The van der Waals surface area contributed by atoms with Crippen LogP contribution in [0, 0.1) is 0 Å². The van der Waals surface area contributed by atoms with Crippen molar-refractivity contribution in [1.29, 1.82) is 0 Å². The largest absolute Gasteiger partial charge is 0.494 e. The third-order valence-corrected chi connectivity index (χ3v) is 6.42. The SMILES string of the molecule is CCCCCCCCCCCCOc1ccc(C(=O)Oc2ccc(N=Cc3ccc(C(=O)O)cc3)cc2)cc1. The molecule has 6 nitrogen and oxygen atoms in total. The summed E-state index contributed by atoms with van der Waals surface area (Å²) in [6, 6.07) is 20.3. The number of aliphatic imine (C=N–C) groups is 1. The van der Waals surface area contributed by atoms with E-state index in [-0.39, 0.29) is 5.56 Å². The molecule has 0 spiro atoms. The van der Waals surface area contributed by atoms with E-state index in [2.05, 4.69) is 11.9 Å². The van der Waals surface area contributed by atoms with Gasteiger partial charge in [0.05, 0.1) is 23.4 Å². The van der Waals surface area contributed by atoms with Crippen LogP contribution >= 0.6 is 0 Å². The lowest BCUT2D eigenvalue weighted by Gasteiger charge is -2.08. The van der Waals surface area contributed by atoms with Crippen LogP contribution in [0.5, 0.6) is 11.5 Å². The fourth-order valence-corrected chi connectivity index (χ4v) is 4.09. The van der Waals surface area contributed by atoms with Crippen LogP contribution in [-0.2, 0) is 0 Å². The van der Waals surface area contributed by atoms with E-state index in [1.54, 1.807) is 66.9 Å². The van der Waals surface area contributed by atoms with Crippen molar-refractivity contribution in [2.75, 3.05) is 6.61 Å². The summed E-state index contributed by atoms with van der Waals surface area (Å²) in [5.41, 5.74) is 2.14. The zero-order valence-electron chi connectivity index (χ0n) is 22.8. The van der Waals surface area contributed by atoms with E-state index < -0.39 is 11.9 Å². The molecule has 0 aliphatic heterocycles. The third-order valence-electron chi connectivity index (χ3n) is 6.42. The highest BCUT2D eigenvalue weighted by Gasteiger charge is 2.09. The minimum atomic E-state index is -0.965. The predicted molar refractivity (Wildman–Crippen MR) is 156 cm³/mol. The Morgan fingerprint density at radius 2 is 1.23 bits per heavy atom. The molecule has 0 radical (unpaired) electrons. The zero-order valence-corrected chi connectivity index (χ0v) is 22.8. The molecular formula is C33H39NO5. The van der Waals surface area contributed by atoms with E-state index in [1.165, 1.54) is 69.9 Å². The Kier molecular flexibility index (Phi) is 12.8. The van der Waals surface area contributed by atoms with E-state index in [9.17, 15) is 9.59 Å². The van der Waals surface area contributed by atoms with Crippen molar-refractivity contribution in [1.82, 2.24) is 0 Å². The highest BCUT2D eigenvalue weighted by molar-refractivity contribution is 5.91. The molecule has 0 saturated carbocycles. The molecular weight excluding hydrogens is 490 g/mol. The molecule has 0 aromatic heterocycles. The molecule has 3 rings (SSSR count). The number of benzene rings is 3. The van der Waals surface area contributed by atoms with Gasteiger partial charge in [0.25, 0.3) is 0 Å². The molecule has 0 aliphatic rings. The maximum absolute atomic E-state index is 12.5. The third kappa shape index (κ3) is 11.1. The molecule has 0 bridgehead atoms. The van der Waals surface area contributed by atoms with Gasteiger partial charge in [0.1, 0.15) is 11.5 Å². The Hall–Kier alpha value is -3.93. The first-order chi connectivity index (χ1) is 19.0. The van der Waals surface area contributed by atoms with Crippen LogP contribution in [0.15, 0.2) is 77.8 Å². The molecule has 0 atom stereocenters. The average molecular weight is 530 g/mol. The lowest BCUT2D eigenvalue weighted by Crippen LogP contribution is -2.08. The van der Waals surface area contributed by atoms with E-state index in [4.69, 9.17) is 14.6 Å². The van der Waals surface area contributed by atoms with Gasteiger partial charge < -0.3 is 14.6 Å². The second-order valence-electron chi connectivity index (χ2n) is 9.62. The number of hydrogen-bond donors (Lipinski definition) is 1. The normalized spacial score (nSPS) is 11.0. The van der Waals surface area contributed by atoms with Crippen LogP contribution < -0.4 is 9.47 Å². The van der Waals surface area contributed by atoms with Gasteiger partial charge in [-0.2, -0.15) is 0 Å². The molecule has 1 N–H and O–H groups in total. The molecule has 0 amide bonds. The Bertz CT molecular complexity index is 1170. The summed E-state index contributed by atoms with van der Waals surface area (Å²) in [4.78, 5) is 27.8. The molecule has 0 unspecified atom stereocenters. The number of carbonyl (C=O) groups excluding carboxylic acids is 1. The van der Waals surface area contributed by atoms with Crippen LogP contribution in [-0.4, -0.2) is 29.9 Å². The van der Waals surface area contributed by atoms with Crippen LogP contribution in [0.25, 0.3) is 0 Å². The molecule has 0 aliphatic carbocycles. The molecule has 0 heterocycles. The van der Waals surface area contributed by atoms with Crippen LogP contribution in [0.1, 0.15) is 97.4 Å². The first-order valence-electron chi connectivity index (χ1n) is 14.0. The highest BCUT2D eigenvalue weighted by atomic mass is 16.5. The average Bonchev–Trinajstić information content (AvgIpc) is 2.96. The second kappa shape index (κ2) is 16.8. The number of aromatic carboxylic acids is 1. The van der Waals surface area contributed by atoms with Crippen molar-refractivity contribution in [3.05, 3.63) is 89.5 Å². The van der Waals surface area contributed by atoms with Gasteiger partial charge in [0, 0.05) is 6.21 Å². The molecule has 39 heavy (non-hydrogen) atoms. The van der Waals surface area contributed by atoms with Gasteiger partial charge >= 0.3 is 11.9 Å². The lowest BCUT2D eigenvalue weighted by atomic mass is 10.1. The van der Waals surface area contributed by atoms with E-state index in [0.29, 0.717) is 23.6 Å². The molecule has 206 valence electrons. The number of hydrogen-bond acceptors (Lipinski definition) is 5. The van der Waals surface area contributed by atoms with Gasteiger partial charge in [0.15, 0.2) is 0 Å². The van der Waals surface area contributed by atoms with Gasteiger partial charge in [0.2, 0.25) is 0 Å². The minimum Gasteiger partial charge on any atom is -0.494 e. The second-order valence-corrected chi connectivity index (χ2v) is 9.62. The topological polar surface area (TPSA) is 85.2 Å². The monoisotopic (exact) mass is 529 g/mol. The number of esters is 1. The van der Waals surface area contributed by atoms with Crippen molar-refractivity contribution in [2.24, 2.45) is 4.99 Å². The molecule has 0 fully saturated rings. The van der Waals surface area contributed by atoms with Crippen LogP contribution in [0.2, 0.25) is 0 Å². The summed E-state index contributed by atoms with van der Waals surface area (Å²) < 4.78 is 11.3. The smallest absolute Gasteiger partial charge is 0.343 e. The molecule has 3 aromatic carbocycles. The van der Waals surface area contributed by atoms with E-state index in [0.717, 1.165) is 17.7 Å². The standard InChI is InChI=1S/C33H39NO5/c1-2-3-4-5-6-7-8-9-10-11-24-38-30-20-16-28(17-21-30)33(37)39-31-22-18-29(19-23-31)34-25-26-12-14-27(15-13-26)32(35)36/h12-23,25H,2-11,24H2,1H3,(H,35,36). The van der Waals surface area contributed by atoms with Gasteiger partial charge in [-0.15, -0.1) is 0 Å². The van der Waals surface area contributed by atoms with E-state index in [1.807, 2.05) is 0 Å². The van der Waals surface area contributed by atoms with Crippen molar-refractivity contribution in [2.45, 2.75) is 71.1 Å². The summed E-state index contributed by atoms with van der Waals surface area (Å²) in [5, 5.41) is 8.97. The summed E-state index contributed by atoms with van der Waals surface area (Å²) in [7, 11) is 0. The van der Waals surface area contributed by atoms with Gasteiger partial charge in [-0.25, -0.2) is 9.59 Å². The lowest BCUT2D eigenvalue weighted by molar-refractivity contribution is 0.0694. The van der Waals surface area contributed by atoms with Crippen molar-refractivity contribution >= 4 is 23.8 Å². The van der Waals surface area contributed by atoms with Crippen molar-refractivity contribution in [3.8, 4) is 11.5 Å². The number of unbranched alkanes of at least 4 members (excludes halogenated alkanes) is 9. The summed E-state index contributed by atoms with van der Waals surface area (Å²) in [6.45, 7) is 2.93. The fraction of sp³-hybridized carbons (Fsp3) is 0.364. The Morgan fingerprint density at radius 1 is 0.692 bits per heavy atom. The molecule has 3 aromatic rings. The zero-order chi connectivity index (χ0) is 27.7. The minimum absolute atomic E-state index is 0.227. The molecule has 0 saturated heterocycles. The molecule has 6 heteroatoms. The van der Waals surface area contributed by atoms with E-state index >= 15 is 0 Å². The van der Waals surface area contributed by atoms with Crippen molar-refractivity contribution in [3.63, 3.8) is 0 Å². The van der Waals surface area contributed by atoms with Crippen molar-refractivity contribution < 1.29 is 24.2 Å². The highest BCUT2D eigenvalue weighted by Crippen LogP contribution is 2.20. The number of ether oxygens (including phenoxy) is 2. The Labute approximate surface area is 231 Å².